The molecule has 0 saturated heterocycles. The number of nitrogens with two attached hydrogens (primary N) is 1. The predicted molar refractivity (Wildman–Crippen MR) is 75.4 cm³/mol. The van der Waals surface area contributed by atoms with E-state index in [1.165, 1.54) is 19.3 Å². The first-order valence-corrected chi connectivity index (χ1v) is 6.66. The second-order valence-corrected chi connectivity index (χ2v) is 5.61. The number of aromatic nitrogens is 1. The van der Waals surface area contributed by atoms with E-state index in [1.54, 1.807) is 0 Å². The molecule has 102 valence electrons. The monoisotopic (exact) mass is 261 g/mol. The number of fused-ring (bicyclic) bond motifs is 1. The van der Waals surface area contributed by atoms with Crippen molar-refractivity contribution in [1.29, 1.82) is 0 Å². The van der Waals surface area contributed by atoms with E-state index in [1.807, 2.05) is 18.2 Å². The molecule has 0 bridgehead atoms. The molecule has 1 saturated carbocycles. The largest absolute Gasteiger partial charge is 0.417 e. The van der Waals surface area contributed by atoms with Crippen LogP contribution in [0.1, 0.15) is 19.3 Å². The van der Waals surface area contributed by atoms with Crippen LogP contribution in [0.25, 0.3) is 11.1 Å². The van der Waals surface area contributed by atoms with Crippen LogP contribution < -0.4 is 16.4 Å². The van der Waals surface area contributed by atoms with Crippen molar-refractivity contribution in [3.63, 3.8) is 0 Å². The van der Waals surface area contributed by atoms with Crippen molar-refractivity contribution in [1.82, 2.24) is 4.98 Å². The van der Waals surface area contributed by atoms with Gasteiger partial charge in [-0.15, -0.1) is 0 Å². The Morgan fingerprint density at radius 2 is 2.26 bits per heavy atom. The molecule has 0 amide bonds. The molecular formula is C14H19N3O2. The Bertz CT molecular complexity index is 634. The smallest absolute Gasteiger partial charge is 0.408 e. The number of hydrogen-bond acceptors (Lipinski definition) is 4. The number of H-pyrrole nitrogens is 1. The summed E-state index contributed by atoms with van der Waals surface area (Å²) in [5.74, 6) is -0.410. The van der Waals surface area contributed by atoms with Gasteiger partial charge in [-0.1, -0.05) is 6.42 Å². The Morgan fingerprint density at radius 1 is 1.47 bits per heavy atom. The van der Waals surface area contributed by atoms with Crippen molar-refractivity contribution in [3.8, 4) is 0 Å². The zero-order chi connectivity index (χ0) is 13.5. The van der Waals surface area contributed by atoms with Crippen LogP contribution in [0.2, 0.25) is 0 Å². The lowest BCUT2D eigenvalue weighted by atomic mass is 9.68. The van der Waals surface area contributed by atoms with E-state index in [-0.39, 0.29) is 5.41 Å². The molecule has 2 aromatic rings. The fourth-order valence-corrected chi connectivity index (χ4v) is 2.87. The van der Waals surface area contributed by atoms with Gasteiger partial charge in [0.1, 0.15) is 0 Å². The molecule has 0 spiro atoms. The van der Waals surface area contributed by atoms with Crippen molar-refractivity contribution >= 4 is 16.8 Å². The molecule has 1 aliphatic carbocycles. The summed E-state index contributed by atoms with van der Waals surface area (Å²) in [6.07, 6.45) is 3.68. The minimum absolute atomic E-state index is 0.267. The van der Waals surface area contributed by atoms with Crippen molar-refractivity contribution in [2.75, 3.05) is 25.0 Å². The molecule has 5 heteroatoms. The molecule has 0 unspecified atom stereocenters. The highest BCUT2D eigenvalue weighted by molar-refractivity contribution is 5.77. The van der Waals surface area contributed by atoms with Gasteiger partial charge < -0.3 is 15.1 Å². The fraction of sp³-hybridized carbons (Fsp3) is 0.500. The van der Waals surface area contributed by atoms with Crippen LogP contribution >= 0.6 is 0 Å². The Hall–Kier alpha value is -1.75. The van der Waals surface area contributed by atoms with Gasteiger partial charge in [0, 0.05) is 30.8 Å². The van der Waals surface area contributed by atoms with Gasteiger partial charge in [-0.05, 0) is 31.5 Å². The highest BCUT2D eigenvalue weighted by Gasteiger charge is 2.36. The third-order valence-electron chi connectivity index (χ3n) is 4.27. The third-order valence-corrected chi connectivity index (χ3v) is 4.27. The van der Waals surface area contributed by atoms with Gasteiger partial charge in [0.05, 0.1) is 5.52 Å². The molecule has 1 heterocycles. The molecule has 1 aromatic heterocycles. The number of benzene rings is 1. The van der Waals surface area contributed by atoms with Crippen molar-refractivity contribution in [3.05, 3.63) is 28.7 Å². The van der Waals surface area contributed by atoms with E-state index in [0.29, 0.717) is 5.58 Å². The van der Waals surface area contributed by atoms with Crippen LogP contribution in [-0.2, 0) is 0 Å². The molecule has 0 radical (unpaired) electrons. The lowest BCUT2D eigenvalue weighted by Crippen LogP contribution is -2.46. The Labute approximate surface area is 111 Å². The Morgan fingerprint density at radius 3 is 2.89 bits per heavy atom. The summed E-state index contributed by atoms with van der Waals surface area (Å²) < 4.78 is 5.09. The Kier molecular flexibility index (Phi) is 2.86. The lowest BCUT2D eigenvalue weighted by molar-refractivity contribution is 0.154. The normalized spacial score (nSPS) is 17.4. The molecule has 5 nitrogen and oxygen atoms in total. The second kappa shape index (κ2) is 4.42. The summed E-state index contributed by atoms with van der Waals surface area (Å²) in [6.45, 7) is 1.68. The fourth-order valence-electron chi connectivity index (χ4n) is 2.87. The number of oxazole rings is 1. The van der Waals surface area contributed by atoms with E-state index in [2.05, 4.69) is 16.9 Å². The molecular weight excluding hydrogens is 242 g/mol. The maximum absolute atomic E-state index is 11.1. The van der Waals surface area contributed by atoms with Crippen molar-refractivity contribution in [2.24, 2.45) is 11.1 Å². The zero-order valence-electron chi connectivity index (χ0n) is 11.1. The van der Waals surface area contributed by atoms with Crippen molar-refractivity contribution in [2.45, 2.75) is 19.3 Å². The maximum atomic E-state index is 11.1. The molecule has 1 aliphatic rings. The standard InChI is InChI=1S/C14H19N3O2/c1-17(9-14(8-15)5-2-6-14)10-3-4-11-12(7-10)19-13(18)16-11/h3-4,7H,2,5-6,8-9,15H2,1H3,(H,16,18). The molecule has 1 fully saturated rings. The van der Waals surface area contributed by atoms with Gasteiger partial charge >= 0.3 is 5.76 Å². The minimum Gasteiger partial charge on any atom is -0.408 e. The van der Waals surface area contributed by atoms with Crippen LogP contribution in [0.4, 0.5) is 5.69 Å². The average Bonchev–Trinajstić information content (AvgIpc) is 2.72. The minimum atomic E-state index is -0.410. The summed E-state index contributed by atoms with van der Waals surface area (Å²) in [6, 6.07) is 5.77. The highest BCUT2D eigenvalue weighted by atomic mass is 16.4. The van der Waals surface area contributed by atoms with E-state index >= 15 is 0 Å². The Balaban J connectivity index is 1.84. The SMILES string of the molecule is CN(CC1(CN)CCC1)c1ccc2[nH]c(=O)oc2c1. The summed E-state index contributed by atoms with van der Waals surface area (Å²) in [4.78, 5) is 16.0. The van der Waals surface area contributed by atoms with E-state index in [4.69, 9.17) is 10.2 Å². The van der Waals surface area contributed by atoms with Gasteiger partial charge in [0.2, 0.25) is 0 Å². The van der Waals surface area contributed by atoms with E-state index in [0.717, 1.165) is 24.3 Å². The number of anilines is 1. The van der Waals surface area contributed by atoms with Crippen LogP contribution in [0.3, 0.4) is 0 Å². The number of rotatable bonds is 4. The third kappa shape index (κ3) is 2.14. The average molecular weight is 261 g/mol. The summed E-state index contributed by atoms with van der Waals surface area (Å²) >= 11 is 0. The number of nitrogens with zero attached hydrogens (tertiary/aromatic N) is 1. The van der Waals surface area contributed by atoms with Crippen LogP contribution in [0.15, 0.2) is 27.4 Å². The van der Waals surface area contributed by atoms with Gasteiger partial charge in [-0.2, -0.15) is 0 Å². The topological polar surface area (TPSA) is 75.3 Å². The predicted octanol–water partition coefficient (Wildman–Crippen LogP) is 1.69. The summed E-state index contributed by atoms with van der Waals surface area (Å²) in [5.41, 5.74) is 8.55. The van der Waals surface area contributed by atoms with E-state index < -0.39 is 5.76 Å². The number of hydrogen-bond donors (Lipinski definition) is 2. The first kappa shape index (κ1) is 12.3. The van der Waals surface area contributed by atoms with Crippen LogP contribution in [-0.4, -0.2) is 25.1 Å². The van der Waals surface area contributed by atoms with Gasteiger partial charge in [0.15, 0.2) is 5.58 Å². The number of nitrogens with one attached hydrogen (secondary N) is 1. The quantitative estimate of drug-likeness (QED) is 0.878. The second-order valence-electron chi connectivity index (χ2n) is 5.61. The molecule has 3 N–H and O–H groups in total. The summed E-state index contributed by atoms with van der Waals surface area (Å²) in [7, 11) is 2.06. The van der Waals surface area contributed by atoms with E-state index in [9.17, 15) is 4.79 Å². The first-order chi connectivity index (χ1) is 9.12. The molecule has 1 aromatic carbocycles. The van der Waals surface area contributed by atoms with Gasteiger partial charge in [0.25, 0.3) is 0 Å². The molecule has 19 heavy (non-hydrogen) atoms. The number of aromatic amines is 1. The lowest BCUT2D eigenvalue weighted by Gasteiger charge is -2.44. The molecule has 0 aliphatic heterocycles. The molecule has 0 atom stereocenters. The van der Waals surface area contributed by atoms with Crippen LogP contribution in [0.5, 0.6) is 0 Å². The van der Waals surface area contributed by atoms with Crippen molar-refractivity contribution < 1.29 is 4.42 Å². The molecule has 3 rings (SSSR count). The first-order valence-electron chi connectivity index (χ1n) is 6.66. The maximum Gasteiger partial charge on any atom is 0.417 e. The van der Waals surface area contributed by atoms with Gasteiger partial charge in [-0.3, -0.25) is 4.98 Å². The summed E-state index contributed by atoms with van der Waals surface area (Å²) in [5, 5.41) is 0. The zero-order valence-corrected chi connectivity index (χ0v) is 11.1. The van der Waals surface area contributed by atoms with Gasteiger partial charge in [-0.25, -0.2) is 4.79 Å². The highest BCUT2D eigenvalue weighted by Crippen LogP contribution is 2.41. The van der Waals surface area contributed by atoms with Crippen LogP contribution in [0, 0.1) is 5.41 Å².